The van der Waals surface area contributed by atoms with Gasteiger partial charge in [-0.1, -0.05) is 30.3 Å². The minimum atomic E-state index is 0.378. The summed E-state index contributed by atoms with van der Waals surface area (Å²) in [6, 6.07) is 10.8. The molecule has 0 spiro atoms. The molecule has 0 aliphatic carbocycles. The first-order valence-corrected chi connectivity index (χ1v) is 6.27. The van der Waals surface area contributed by atoms with Gasteiger partial charge in [0.05, 0.1) is 0 Å². The second-order valence-corrected chi connectivity index (χ2v) is 4.26. The molecule has 0 amide bonds. The minimum Gasteiger partial charge on any atom is -0.294 e. The molecule has 1 aromatic rings. The predicted octanol–water partition coefficient (Wildman–Crippen LogP) is 3.53. The fourth-order valence-corrected chi connectivity index (χ4v) is 2.09. The Kier molecular flexibility index (Phi) is 6.07. The summed E-state index contributed by atoms with van der Waals surface area (Å²) >= 11 is 11.6. The SMILES string of the molecule is CC(c1ccccc1)N(CCCl)CCCl. The number of halogens is 2. The minimum absolute atomic E-state index is 0.378. The van der Waals surface area contributed by atoms with Crippen molar-refractivity contribution in [2.75, 3.05) is 24.8 Å². The molecule has 15 heavy (non-hydrogen) atoms. The van der Waals surface area contributed by atoms with Crippen molar-refractivity contribution in [1.82, 2.24) is 4.90 Å². The largest absolute Gasteiger partial charge is 0.294 e. The Morgan fingerprint density at radius 2 is 1.60 bits per heavy atom. The zero-order valence-electron chi connectivity index (χ0n) is 9.00. The lowest BCUT2D eigenvalue weighted by Gasteiger charge is -2.27. The molecule has 1 nitrogen and oxygen atoms in total. The first kappa shape index (κ1) is 12.8. The second-order valence-electron chi connectivity index (χ2n) is 3.50. The zero-order valence-corrected chi connectivity index (χ0v) is 10.5. The first-order valence-electron chi connectivity index (χ1n) is 5.20. The van der Waals surface area contributed by atoms with Gasteiger partial charge in [-0.25, -0.2) is 0 Å². The van der Waals surface area contributed by atoms with E-state index >= 15 is 0 Å². The summed E-state index contributed by atoms with van der Waals surface area (Å²) in [5.41, 5.74) is 1.31. The Balaban J connectivity index is 2.67. The number of nitrogens with zero attached hydrogens (tertiary/aromatic N) is 1. The normalized spacial score (nSPS) is 13.1. The van der Waals surface area contributed by atoms with Crippen molar-refractivity contribution in [2.45, 2.75) is 13.0 Å². The van der Waals surface area contributed by atoms with E-state index in [0.29, 0.717) is 17.8 Å². The van der Waals surface area contributed by atoms with Crippen molar-refractivity contribution in [1.29, 1.82) is 0 Å². The Labute approximate surface area is 102 Å². The number of hydrogen-bond donors (Lipinski definition) is 0. The topological polar surface area (TPSA) is 3.24 Å². The van der Waals surface area contributed by atoms with Crippen molar-refractivity contribution in [3.63, 3.8) is 0 Å². The van der Waals surface area contributed by atoms with Crippen LogP contribution < -0.4 is 0 Å². The third-order valence-corrected chi connectivity index (χ3v) is 2.91. The van der Waals surface area contributed by atoms with Crippen molar-refractivity contribution >= 4 is 23.2 Å². The molecule has 1 aromatic carbocycles. The zero-order chi connectivity index (χ0) is 11.1. The molecule has 1 atom stereocenters. The molecule has 0 aliphatic rings. The number of rotatable bonds is 6. The number of hydrogen-bond acceptors (Lipinski definition) is 1. The van der Waals surface area contributed by atoms with Crippen LogP contribution in [0.4, 0.5) is 0 Å². The molecule has 0 fully saturated rings. The lowest BCUT2D eigenvalue weighted by atomic mass is 10.1. The number of benzene rings is 1. The highest BCUT2D eigenvalue weighted by atomic mass is 35.5. The fraction of sp³-hybridized carbons (Fsp3) is 0.500. The van der Waals surface area contributed by atoms with Crippen molar-refractivity contribution in [2.24, 2.45) is 0 Å². The van der Waals surface area contributed by atoms with E-state index in [0.717, 1.165) is 13.1 Å². The van der Waals surface area contributed by atoms with Gasteiger partial charge in [-0.2, -0.15) is 0 Å². The summed E-state index contributed by atoms with van der Waals surface area (Å²) in [6.45, 7) is 3.95. The second kappa shape index (κ2) is 7.10. The molecule has 1 rings (SSSR count). The van der Waals surface area contributed by atoms with E-state index in [2.05, 4.69) is 36.1 Å². The molecule has 0 bridgehead atoms. The van der Waals surface area contributed by atoms with Crippen molar-refractivity contribution < 1.29 is 0 Å². The molecular weight excluding hydrogens is 229 g/mol. The van der Waals surface area contributed by atoms with Gasteiger partial charge in [0.15, 0.2) is 0 Å². The smallest absolute Gasteiger partial charge is 0.0351 e. The molecule has 0 heterocycles. The van der Waals surface area contributed by atoms with E-state index in [1.807, 2.05) is 6.07 Å². The molecule has 0 saturated carbocycles. The maximum atomic E-state index is 5.78. The van der Waals surface area contributed by atoms with Crippen molar-refractivity contribution in [3.8, 4) is 0 Å². The van der Waals surface area contributed by atoms with Gasteiger partial charge >= 0.3 is 0 Å². The third kappa shape index (κ3) is 4.02. The molecule has 0 radical (unpaired) electrons. The molecule has 0 saturated heterocycles. The Bertz CT molecular complexity index is 258. The summed E-state index contributed by atoms with van der Waals surface area (Å²) in [5, 5.41) is 0. The van der Waals surface area contributed by atoms with Gasteiger partial charge in [-0.3, -0.25) is 4.90 Å². The molecule has 0 aliphatic heterocycles. The van der Waals surface area contributed by atoms with E-state index in [-0.39, 0.29) is 0 Å². The van der Waals surface area contributed by atoms with E-state index in [1.165, 1.54) is 5.56 Å². The van der Waals surface area contributed by atoms with E-state index < -0.39 is 0 Å². The van der Waals surface area contributed by atoms with Gasteiger partial charge in [0.1, 0.15) is 0 Å². The standard InChI is InChI=1S/C12H17Cl2N/c1-11(12-5-3-2-4-6-12)15(9-7-13)10-8-14/h2-6,11H,7-10H2,1H3. The average Bonchev–Trinajstić information content (AvgIpc) is 2.29. The van der Waals surface area contributed by atoms with Gasteiger partial charge in [-0.05, 0) is 12.5 Å². The van der Waals surface area contributed by atoms with Crippen LogP contribution in [0, 0.1) is 0 Å². The van der Waals surface area contributed by atoms with Gasteiger partial charge in [0.2, 0.25) is 0 Å². The van der Waals surface area contributed by atoms with Crippen LogP contribution in [0.2, 0.25) is 0 Å². The van der Waals surface area contributed by atoms with Gasteiger partial charge in [0.25, 0.3) is 0 Å². The molecule has 84 valence electrons. The van der Waals surface area contributed by atoms with Gasteiger partial charge in [0, 0.05) is 30.9 Å². The summed E-state index contributed by atoms with van der Waals surface area (Å²) in [6.07, 6.45) is 0. The highest BCUT2D eigenvalue weighted by Gasteiger charge is 2.13. The van der Waals surface area contributed by atoms with Crippen LogP contribution in [0.1, 0.15) is 18.5 Å². The van der Waals surface area contributed by atoms with Crippen LogP contribution in [0.5, 0.6) is 0 Å². The monoisotopic (exact) mass is 245 g/mol. The molecule has 1 unspecified atom stereocenters. The lowest BCUT2D eigenvalue weighted by Crippen LogP contribution is -2.30. The van der Waals surface area contributed by atoms with Crippen LogP contribution in [0.25, 0.3) is 0 Å². The molecule has 0 aromatic heterocycles. The first-order chi connectivity index (χ1) is 7.29. The highest BCUT2D eigenvalue weighted by molar-refractivity contribution is 6.18. The quantitative estimate of drug-likeness (QED) is 0.694. The lowest BCUT2D eigenvalue weighted by molar-refractivity contribution is 0.237. The van der Waals surface area contributed by atoms with Gasteiger partial charge in [-0.15, -0.1) is 23.2 Å². The average molecular weight is 246 g/mol. The Morgan fingerprint density at radius 3 is 2.07 bits per heavy atom. The van der Waals surface area contributed by atoms with Crippen LogP contribution in [-0.2, 0) is 0 Å². The maximum absolute atomic E-state index is 5.78. The molecular formula is C12H17Cl2N. The number of alkyl halides is 2. The maximum Gasteiger partial charge on any atom is 0.0351 e. The Hall–Kier alpha value is -0.240. The van der Waals surface area contributed by atoms with E-state index in [1.54, 1.807) is 0 Å². The van der Waals surface area contributed by atoms with Crippen LogP contribution in [-0.4, -0.2) is 29.7 Å². The van der Waals surface area contributed by atoms with Crippen LogP contribution in [0.15, 0.2) is 30.3 Å². The predicted molar refractivity (Wildman–Crippen MR) is 67.9 cm³/mol. The summed E-state index contributed by atoms with van der Waals surface area (Å²) in [4.78, 5) is 2.30. The fourth-order valence-electron chi connectivity index (χ4n) is 1.66. The van der Waals surface area contributed by atoms with Gasteiger partial charge < -0.3 is 0 Å². The van der Waals surface area contributed by atoms with Crippen LogP contribution >= 0.6 is 23.2 Å². The Morgan fingerprint density at radius 1 is 1.07 bits per heavy atom. The highest BCUT2D eigenvalue weighted by Crippen LogP contribution is 2.19. The molecule has 0 N–H and O–H groups in total. The molecule has 3 heteroatoms. The van der Waals surface area contributed by atoms with E-state index in [9.17, 15) is 0 Å². The van der Waals surface area contributed by atoms with Crippen molar-refractivity contribution in [3.05, 3.63) is 35.9 Å². The summed E-state index contributed by atoms with van der Waals surface area (Å²) < 4.78 is 0. The third-order valence-electron chi connectivity index (χ3n) is 2.57. The van der Waals surface area contributed by atoms with Crippen LogP contribution in [0.3, 0.4) is 0 Å². The van der Waals surface area contributed by atoms with E-state index in [4.69, 9.17) is 23.2 Å². The summed E-state index contributed by atoms with van der Waals surface area (Å²) in [7, 11) is 0. The summed E-state index contributed by atoms with van der Waals surface area (Å²) in [5.74, 6) is 1.29.